The zero-order valence-corrected chi connectivity index (χ0v) is 15.2. The molecule has 2 amide bonds. The van der Waals surface area contributed by atoms with Crippen LogP contribution < -0.4 is 5.73 Å². The molecular weight excluding hydrogens is 318 g/mol. The lowest BCUT2D eigenvalue weighted by molar-refractivity contribution is -0.132. The van der Waals surface area contributed by atoms with Crippen LogP contribution in [0.4, 0.5) is 4.79 Å². The van der Waals surface area contributed by atoms with Crippen molar-refractivity contribution in [2.45, 2.75) is 39.3 Å². The van der Waals surface area contributed by atoms with Gasteiger partial charge in [0, 0.05) is 26.2 Å². The van der Waals surface area contributed by atoms with Crippen molar-refractivity contribution in [2.75, 3.05) is 26.2 Å². The Balaban J connectivity index is 1.75. The lowest BCUT2D eigenvalue weighted by atomic mass is 9.96. The van der Waals surface area contributed by atoms with Crippen LogP contribution in [0.5, 0.6) is 0 Å². The molecule has 6 nitrogen and oxygen atoms in total. The molecule has 0 spiro atoms. The number of likely N-dealkylation sites (N-methyl/N-ethyl adjacent to an activating group) is 1. The van der Waals surface area contributed by atoms with Gasteiger partial charge in [0.15, 0.2) is 0 Å². The zero-order valence-electron chi connectivity index (χ0n) is 15.2. The van der Waals surface area contributed by atoms with Gasteiger partial charge in [-0.1, -0.05) is 30.3 Å². The highest BCUT2D eigenvalue weighted by Crippen LogP contribution is 2.19. The molecule has 25 heavy (non-hydrogen) atoms. The van der Waals surface area contributed by atoms with Gasteiger partial charge in [-0.2, -0.15) is 0 Å². The van der Waals surface area contributed by atoms with Crippen LogP contribution in [-0.2, 0) is 16.1 Å². The number of carbonyl (C=O) groups is 2. The van der Waals surface area contributed by atoms with Crippen molar-refractivity contribution in [3.8, 4) is 0 Å². The van der Waals surface area contributed by atoms with Gasteiger partial charge < -0.3 is 20.3 Å². The number of hydrogen-bond donors (Lipinski definition) is 1. The van der Waals surface area contributed by atoms with Crippen molar-refractivity contribution >= 4 is 12.0 Å². The number of nitrogens with two attached hydrogens (primary N) is 1. The number of piperidine rings is 1. The Bertz CT molecular complexity index is 554. The zero-order chi connectivity index (χ0) is 18.2. The highest BCUT2D eigenvalue weighted by Gasteiger charge is 2.26. The van der Waals surface area contributed by atoms with E-state index in [9.17, 15) is 9.59 Å². The van der Waals surface area contributed by atoms with Gasteiger partial charge in [0.05, 0.1) is 6.04 Å². The Hall–Kier alpha value is -2.08. The molecular formula is C19H29N3O3. The van der Waals surface area contributed by atoms with E-state index in [0.717, 1.165) is 18.4 Å². The number of nitrogens with zero attached hydrogens (tertiary/aromatic N) is 2. The summed E-state index contributed by atoms with van der Waals surface area (Å²) in [6.07, 6.45) is 1.49. The highest BCUT2D eigenvalue weighted by molar-refractivity contribution is 5.81. The second-order valence-electron chi connectivity index (χ2n) is 6.64. The van der Waals surface area contributed by atoms with Crippen LogP contribution in [0.15, 0.2) is 30.3 Å². The third-order valence-electron chi connectivity index (χ3n) is 4.64. The van der Waals surface area contributed by atoms with E-state index in [-0.39, 0.29) is 12.0 Å². The molecule has 0 radical (unpaired) electrons. The molecule has 0 aromatic heterocycles. The fourth-order valence-corrected chi connectivity index (χ4v) is 3.08. The fourth-order valence-electron chi connectivity index (χ4n) is 3.08. The Morgan fingerprint density at radius 3 is 2.48 bits per heavy atom. The summed E-state index contributed by atoms with van der Waals surface area (Å²) in [7, 11) is 0. The van der Waals surface area contributed by atoms with Crippen molar-refractivity contribution in [1.29, 1.82) is 0 Å². The molecule has 1 aliphatic rings. The predicted molar refractivity (Wildman–Crippen MR) is 96.8 cm³/mol. The molecule has 2 N–H and O–H groups in total. The third-order valence-corrected chi connectivity index (χ3v) is 4.64. The quantitative estimate of drug-likeness (QED) is 0.856. The molecule has 1 fully saturated rings. The summed E-state index contributed by atoms with van der Waals surface area (Å²) < 4.78 is 5.38. The van der Waals surface area contributed by atoms with Crippen LogP contribution in [0.25, 0.3) is 0 Å². The molecule has 1 saturated heterocycles. The molecule has 1 aromatic carbocycles. The smallest absolute Gasteiger partial charge is 0.410 e. The maximum Gasteiger partial charge on any atom is 0.410 e. The van der Waals surface area contributed by atoms with E-state index in [1.165, 1.54) is 0 Å². The van der Waals surface area contributed by atoms with Gasteiger partial charge in [0.2, 0.25) is 5.91 Å². The van der Waals surface area contributed by atoms with Crippen LogP contribution in [0.1, 0.15) is 32.3 Å². The SMILES string of the molecule is CCN(CC1CCN(C(=O)OCc2ccccc2)CC1)C(=O)[C@H](C)N. The van der Waals surface area contributed by atoms with E-state index in [1.54, 1.807) is 11.8 Å². The number of likely N-dealkylation sites (tertiary alicyclic amines) is 1. The summed E-state index contributed by atoms with van der Waals surface area (Å²) in [4.78, 5) is 27.8. The molecule has 0 unspecified atom stereocenters. The minimum Gasteiger partial charge on any atom is -0.445 e. The average molecular weight is 347 g/mol. The van der Waals surface area contributed by atoms with Crippen molar-refractivity contribution in [3.05, 3.63) is 35.9 Å². The maximum atomic E-state index is 12.2. The topological polar surface area (TPSA) is 75.9 Å². The van der Waals surface area contributed by atoms with Gasteiger partial charge in [0.1, 0.15) is 6.61 Å². The van der Waals surface area contributed by atoms with Gasteiger partial charge in [-0.3, -0.25) is 4.79 Å². The number of benzene rings is 1. The molecule has 0 aliphatic carbocycles. The largest absolute Gasteiger partial charge is 0.445 e. The first-order valence-corrected chi connectivity index (χ1v) is 9.01. The fraction of sp³-hybridized carbons (Fsp3) is 0.579. The Morgan fingerprint density at radius 2 is 1.92 bits per heavy atom. The minimum atomic E-state index is -0.465. The van der Waals surface area contributed by atoms with E-state index in [0.29, 0.717) is 38.7 Å². The predicted octanol–water partition coefficient (Wildman–Crippen LogP) is 2.23. The number of hydrogen-bond acceptors (Lipinski definition) is 4. The van der Waals surface area contributed by atoms with Gasteiger partial charge in [-0.25, -0.2) is 4.79 Å². The molecule has 1 heterocycles. The van der Waals surface area contributed by atoms with Gasteiger partial charge >= 0.3 is 6.09 Å². The number of rotatable bonds is 6. The van der Waals surface area contributed by atoms with E-state index in [2.05, 4.69) is 0 Å². The summed E-state index contributed by atoms with van der Waals surface area (Å²) in [6, 6.07) is 9.21. The van der Waals surface area contributed by atoms with Crippen molar-refractivity contribution < 1.29 is 14.3 Å². The van der Waals surface area contributed by atoms with Crippen molar-refractivity contribution in [1.82, 2.24) is 9.80 Å². The van der Waals surface area contributed by atoms with E-state index < -0.39 is 6.04 Å². The monoisotopic (exact) mass is 347 g/mol. The number of ether oxygens (including phenoxy) is 1. The molecule has 6 heteroatoms. The molecule has 0 bridgehead atoms. The van der Waals surface area contributed by atoms with E-state index in [1.807, 2.05) is 42.2 Å². The first-order chi connectivity index (χ1) is 12.0. The van der Waals surface area contributed by atoms with Gasteiger partial charge in [0.25, 0.3) is 0 Å². The normalized spacial score (nSPS) is 16.4. The molecule has 1 aromatic rings. The van der Waals surface area contributed by atoms with Gasteiger partial charge in [-0.05, 0) is 38.2 Å². The van der Waals surface area contributed by atoms with E-state index in [4.69, 9.17) is 10.5 Å². The summed E-state index contributed by atoms with van der Waals surface area (Å²) in [6.45, 7) is 6.70. The van der Waals surface area contributed by atoms with Crippen molar-refractivity contribution in [2.24, 2.45) is 11.7 Å². The molecule has 2 rings (SSSR count). The highest BCUT2D eigenvalue weighted by atomic mass is 16.6. The lowest BCUT2D eigenvalue weighted by Crippen LogP contribution is -2.46. The van der Waals surface area contributed by atoms with E-state index >= 15 is 0 Å². The maximum absolute atomic E-state index is 12.2. The standard InChI is InChI=1S/C19H29N3O3/c1-3-21(18(23)15(2)20)13-16-9-11-22(12-10-16)19(24)25-14-17-7-5-4-6-8-17/h4-8,15-16H,3,9-14,20H2,1-2H3/t15-/m0/s1. The summed E-state index contributed by atoms with van der Waals surface area (Å²) in [5.74, 6) is 0.396. The van der Waals surface area contributed by atoms with Crippen LogP contribution in [0.3, 0.4) is 0 Å². The molecule has 1 aliphatic heterocycles. The average Bonchev–Trinajstić information content (AvgIpc) is 2.64. The summed E-state index contributed by atoms with van der Waals surface area (Å²) >= 11 is 0. The minimum absolute atomic E-state index is 0.00722. The summed E-state index contributed by atoms with van der Waals surface area (Å²) in [5, 5.41) is 0. The first kappa shape index (κ1) is 19.2. The first-order valence-electron chi connectivity index (χ1n) is 9.01. The molecule has 138 valence electrons. The Morgan fingerprint density at radius 1 is 1.28 bits per heavy atom. The van der Waals surface area contributed by atoms with Crippen LogP contribution >= 0.6 is 0 Å². The number of amides is 2. The Kier molecular flexibility index (Phi) is 7.25. The Labute approximate surface area is 149 Å². The van der Waals surface area contributed by atoms with Gasteiger partial charge in [-0.15, -0.1) is 0 Å². The summed E-state index contributed by atoms with van der Waals surface area (Å²) in [5.41, 5.74) is 6.68. The van der Waals surface area contributed by atoms with Crippen molar-refractivity contribution in [3.63, 3.8) is 0 Å². The second kappa shape index (κ2) is 9.42. The lowest BCUT2D eigenvalue weighted by Gasteiger charge is -2.34. The molecule has 0 saturated carbocycles. The molecule has 1 atom stereocenters. The second-order valence-corrected chi connectivity index (χ2v) is 6.64. The number of carbonyl (C=O) groups excluding carboxylic acids is 2. The van der Waals surface area contributed by atoms with Crippen LogP contribution in [-0.4, -0.2) is 54.0 Å². The third kappa shape index (κ3) is 5.74. The van der Waals surface area contributed by atoms with Crippen LogP contribution in [0, 0.1) is 5.92 Å². The van der Waals surface area contributed by atoms with Crippen LogP contribution in [0.2, 0.25) is 0 Å².